The molecular weight excluding hydrogens is 957 g/mol. The third-order valence-corrected chi connectivity index (χ3v) is 18.3. The molecule has 4 heteroatoms. The molecule has 0 saturated carbocycles. The van der Waals surface area contributed by atoms with E-state index in [-0.39, 0.29) is 0 Å². The maximum absolute atomic E-state index is 2.44. The summed E-state index contributed by atoms with van der Waals surface area (Å²) < 4.78 is 10.2. The normalized spacial score (nSPS) is 11.9. The van der Waals surface area contributed by atoms with Crippen LogP contribution in [-0.2, 0) is 0 Å². The molecule has 16 aromatic rings. The number of aromatic nitrogens is 2. The lowest BCUT2D eigenvalue weighted by Crippen LogP contribution is -1.93. The number of nitrogens with zero attached hydrogens (tertiary/aromatic N) is 2. The Balaban J connectivity index is 0.877. The molecule has 0 spiro atoms. The van der Waals surface area contributed by atoms with Gasteiger partial charge >= 0.3 is 0 Å². The highest BCUT2D eigenvalue weighted by Gasteiger charge is 2.21. The summed E-state index contributed by atoms with van der Waals surface area (Å²) in [5.41, 5.74) is 19.5. The van der Waals surface area contributed by atoms with Crippen molar-refractivity contribution >= 4 is 107 Å². The molecule has 0 aliphatic heterocycles. The topological polar surface area (TPSA) is 9.86 Å². The lowest BCUT2D eigenvalue weighted by atomic mass is 9.97. The molecule has 0 N–H and O–H groups in total. The fourth-order valence-corrected chi connectivity index (χ4v) is 15.0. The van der Waals surface area contributed by atoms with Crippen molar-refractivity contribution in [2.45, 2.75) is 0 Å². The molecule has 76 heavy (non-hydrogen) atoms. The van der Waals surface area contributed by atoms with Gasteiger partial charge in [0.25, 0.3) is 0 Å². The second-order valence-corrected chi connectivity index (χ2v) is 22.0. The van der Waals surface area contributed by atoms with Crippen LogP contribution in [0.3, 0.4) is 0 Å². The molecule has 12 aromatic carbocycles. The first-order chi connectivity index (χ1) is 37.7. The monoisotopic (exact) mass is 1000 g/mol. The van der Waals surface area contributed by atoms with Crippen molar-refractivity contribution in [1.82, 2.24) is 9.13 Å². The van der Waals surface area contributed by atoms with E-state index in [9.17, 15) is 0 Å². The zero-order chi connectivity index (χ0) is 49.8. The summed E-state index contributed by atoms with van der Waals surface area (Å²) in [7, 11) is 0. The molecule has 0 amide bonds. The summed E-state index contributed by atoms with van der Waals surface area (Å²) in [6.45, 7) is 0. The molecule has 4 heterocycles. The Kier molecular flexibility index (Phi) is 9.71. The van der Waals surface area contributed by atoms with Gasteiger partial charge in [0, 0.05) is 73.3 Å². The maximum atomic E-state index is 2.44. The summed E-state index contributed by atoms with van der Waals surface area (Å²) >= 11 is 3.82. The summed E-state index contributed by atoms with van der Waals surface area (Å²) in [5, 5.41) is 10.1. The lowest BCUT2D eigenvalue weighted by molar-refractivity contribution is 1.18. The number of thiophene rings is 2. The van der Waals surface area contributed by atoms with Crippen molar-refractivity contribution in [1.29, 1.82) is 0 Å². The predicted octanol–water partition coefficient (Wildman–Crippen LogP) is 21.0. The van der Waals surface area contributed by atoms with E-state index in [4.69, 9.17) is 0 Å². The Morgan fingerprint density at radius 3 is 0.803 bits per heavy atom. The zero-order valence-corrected chi connectivity index (χ0v) is 42.7. The number of fused-ring (bicyclic) bond motifs is 12. The molecule has 0 radical (unpaired) electrons. The minimum atomic E-state index is 1.15. The van der Waals surface area contributed by atoms with Crippen molar-refractivity contribution in [2.24, 2.45) is 0 Å². The van der Waals surface area contributed by atoms with Crippen molar-refractivity contribution < 1.29 is 0 Å². The average Bonchev–Trinajstić information content (AvgIpc) is 4.28. The van der Waals surface area contributed by atoms with Crippen molar-refractivity contribution in [3.63, 3.8) is 0 Å². The van der Waals surface area contributed by atoms with Crippen molar-refractivity contribution in [3.05, 3.63) is 267 Å². The van der Waals surface area contributed by atoms with Gasteiger partial charge in [0.2, 0.25) is 0 Å². The van der Waals surface area contributed by atoms with Gasteiger partial charge in [-0.2, -0.15) is 0 Å². The van der Waals surface area contributed by atoms with Crippen LogP contribution in [0.2, 0.25) is 0 Å². The Labute approximate surface area is 446 Å². The average molecular weight is 1000 g/mol. The Morgan fingerprint density at radius 1 is 0.197 bits per heavy atom. The molecule has 0 saturated heterocycles. The first kappa shape index (κ1) is 43.1. The van der Waals surface area contributed by atoms with Crippen LogP contribution in [0.1, 0.15) is 0 Å². The predicted molar refractivity (Wildman–Crippen MR) is 328 cm³/mol. The molecule has 16 rings (SSSR count). The van der Waals surface area contributed by atoms with Crippen LogP contribution in [0.4, 0.5) is 0 Å². The van der Waals surface area contributed by atoms with E-state index in [0.717, 1.165) is 11.4 Å². The van der Waals surface area contributed by atoms with E-state index in [1.807, 2.05) is 22.7 Å². The first-order valence-corrected chi connectivity index (χ1v) is 27.6. The van der Waals surface area contributed by atoms with Gasteiger partial charge in [0.15, 0.2) is 0 Å². The van der Waals surface area contributed by atoms with E-state index in [1.54, 1.807) is 0 Å². The zero-order valence-electron chi connectivity index (χ0n) is 41.1. The van der Waals surface area contributed by atoms with Gasteiger partial charge < -0.3 is 9.13 Å². The Hall–Kier alpha value is -9.32. The van der Waals surface area contributed by atoms with Crippen molar-refractivity contribution in [3.8, 4) is 67.0 Å². The Bertz CT molecular complexity index is 4650. The highest BCUT2D eigenvalue weighted by molar-refractivity contribution is 7.27. The quantitative estimate of drug-likeness (QED) is 0.151. The standard InChI is InChI=1S/C72H44N2S2/c1-5-17-45(18-6-1)53-25-13-29-57-59-31-15-27-55(71(59)75-69(53)57)49-35-39-67-63(43-49)61-41-47(33-37-65(61)73(67)51-21-9-3-10-22-51)48-34-38-66-62(42-48)64-44-50(36-40-68(64)74(66)52-23-11-4-12-24-52)56-28-16-32-60-58-30-14-26-54(70(58)76-72(56)60)46-19-7-2-8-20-46/h1-44H. The highest BCUT2D eigenvalue weighted by Crippen LogP contribution is 2.48. The third kappa shape index (κ3) is 6.64. The van der Waals surface area contributed by atoms with Crippen LogP contribution in [0, 0.1) is 0 Å². The maximum Gasteiger partial charge on any atom is 0.0541 e. The van der Waals surface area contributed by atoms with Gasteiger partial charge in [0.05, 0.1) is 22.1 Å². The molecule has 0 aliphatic rings. The van der Waals surface area contributed by atoms with Gasteiger partial charge in [-0.1, -0.05) is 194 Å². The SMILES string of the molecule is c1ccc(-c2cccc3c2sc2c(-c4ccc5c(c4)c4cc(-c6ccc7c(c6)c6cc(-c8cccc9c8sc8c(-c%10ccccc%10)cccc89)ccc6n7-c6ccccc6)ccc4n5-c4ccccc4)cccc23)cc1. The van der Waals surface area contributed by atoms with E-state index in [1.165, 1.54) is 140 Å². The molecule has 0 aliphatic carbocycles. The molecule has 0 atom stereocenters. The summed E-state index contributed by atoms with van der Waals surface area (Å²) in [4.78, 5) is 0. The first-order valence-electron chi connectivity index (χ1n) is 26.0. The minimum Gasteiger partial charge on any atom is -0.309 e. The highest BCUT2D eigenvalue weighted by atomic mass is 32.1. The molecule has 0 fully saturated rings. The number of rotatable bonds is 7. The van der Waals surface area contributed by atoms with Gasteiger partial charge in [-0.25, -0.2) is 0 Å². The summed E-state index contributed by atoms with van der Waals surface area (Å²) in [5.74, 6) is 0. The largest absolute Gasteiger partial charge is 0.309 e. The van der Waals surface area contributed by atoms with Crippen LogP contribution in [0.25, 0.3) is 151 Å². The van der Waals surface area contributed by atoms with Gasteiger partial charge in [-0.15, -0.1) is 22.7 Å². The van der Waals surface area contributed by atoms with Gasteiger partial charge in [-0.05, 0) is 128 Å². The van der Waals surface area contributed by atoms with Crippen LogP contribution < -0.4 is 0 Å². The van der Waals surface area contributed by atoms with Crippen LogP contribution >= 0.6 is 22.7 Å². The molecule has 0 bridgehead atoms. The van der Waals surface area contributed by atoms with Crippen molar-refractivity contribution in [2.75, 3.05) is 0 Å². The van der Waals surface area contributed by atoms with E-state index >= 15 is 0 Å². The second-order valence-electron chi connectivity index (χ2n) is 19.9. The van der Waals surface area contributed by atoms with E-state index < -0.39 is 0 Å². The number of hydrogen-bond donors (Lipinski definition) is 0. The van der Waals surface area contributed by atoms with Crippen LogP contribution in [-0.4, -0.2) is 9.13 Å². The fraction of sp³-hybridized carbons (Fsp3) is 0. The number of benzene rings is 12. The number of hydrogen-bond acceptors (Lipinski definition) is 2. The van der Waals surface area contributed by atoms with E-state index in [0.29, 0.717) is 0 Å². The molecule has 2 nitrogen and oxygen atoms in total. The molecule has 4 aromatic heterocycles. The summed E-state index contributed by atoms with van der Waals surface area (Å²) in [6.07, 6.45) is 0. The summed E-state index contributed by atoms with van der Waals surface area (Å²) in [6, 6.07) is 98.8. The second kappa shape index (κ2) is 17.1. The van der Waals surface area contributed by atoms with Gasteiger partial charge in [0.1, 0.15) is 0 Å². The van der Waals surface area contributed by atoms with Crippen LogP contribution in [0.15, 0.2) is 267 Å². The smallest absolute Gasteiger partial charge is 0.0541 e. The molecule has 354 valence electrons. The number of para-hydroxylation sites is 2. The Morgan fingerprint density at radius 2 is 0.474 bits per heavy atom. The molecule has 0 unspecified atom stereocenters. The fourth-order valence-electron chi connectivity index (χ4n) is 12.2. The lowest BCUT2D eigenvalue weighted by Gasteiger charge is -2.09. The third-order valence-electron chi connectivity index (χ3n) is 15.7. The van der Waals surface area contributed by atoms with Gasteiger partial charge in [-0.3, -0.25) is 0 Å². The molecular formula is C72H44N2S2. The van der Waals surface area contributed by atoms with Crippen LogP contribution in [0.5, 0.6) is 0 Å². The van der Waals surface area contributed by atoms with E-state index in [2.05, 4.69) is 276 Å². The minimum absolute atomic E-state index is 1.15.